The highest BCUT2D eigenvalue weighted by atomic mass is 32.2. The summed E-state index contributed by atoms with van der Waals surface area (Å²) in [5, 5.41) is 11.6. The minimum Gasteiger partial charge on any atom is -0.380 e. The molecule has 1 aliphatic heterocycles. The lowest BCUT2D eigenvalue weighted by atomic mass is 10.1. The maximum Gasteiger partial charge on any atom is 0.404 e. The van der Waals surface area contributed by atoms with Crippen LogP contribution in [0.5, 0.6) is 0 Å². The summed E-state index contributed by atoms with van der Waals surface area (Å²) < 4.78 is 5.09. The van der Waals surface area contributed by atoms with Crippen molar-refractivity contribution in [1.29, 1.82) is 0 Å². The van der Waals surface area contributed by atoms with Gasteiger partial charge in [-0.2, -0.15) is 0 Å². The molecular weight excluding hydrogens is 324 g/mol. The van der Waals surface area contributed by atoms with Gasteiger partial charge in [-0.25, -0.2) is 4.79 Å². The lowest BCUT2D eigenvalue weighted by molar-refractivity contribution is -0.527. The highest BCUT2D eigenvalue weighted by molar-refractivity contribution is 8.14. The highest BCUT2D eigenvalue weighted by Gasteiger charge is 2.54. The van der Waals surface area contributed by atoms with Crippen LogP contribution in [0.2, 0.25) is 0 Å². The normalized spacial score (nSPS) is 17.3. The largest absolute Gasteiger partial charge is 0.404 e. The minimum absolute atomic E-state index is 0.221. The van der Waals surface area contributed by atoms with Crippen LogP contribution < -0.4 is 0 Å². The maximum atomic E-state index is 12.3. The zero-order chi connectivity index (χ0) is 16.2. The summed E-state index contributed by atoms with van der Waals surface area (Å²) in [7, 11) is 0. The van der Waals surface area contributed by atoms with Crippen LogP contribution in [0.3, 0.4) is 0 Å². The number of carbonyl (C=O) groups excluding carboxylic acids is 1. The molecule has 0 aromatic heterocycles. The van der Waals surface area contributed by atoms with Crippen LogP contribution in [0.15, 0.2) is 34.2 Å². The first kappa shape index (κ1) is 16.8. The Morgan fingerprint density at radius 1 is 1.45 bits per heavy atom. The van der Waals surface area contributed by atoms with Gasteiger partial charge >= 0.3 is 11.5 Å². The van der Waals surface area contributed by atoms with Gasteiger partial charge in [0.1, 0.15) is 0 Å². The Hall–Kier alpha value is -1.54. The lowest BCUT2D eigenvalue weighted by Gasteiger charge is -2.22. The quantitative estimate of drug-likeness (QED) is 0.465. The number of hydrogen-bond acceptors (Lipinski definition) is 7. The smallest absolute Gasteiger partial charge is 0.380 e. The van der Waals surface area contributed by atoms with Crippen molar-refractivity contribution in [3.8, 4) is 0 Å². The standard InChI is InChI=1S/C14H16N2O4S2/c1-10-4-6-11(7-5-10)22-20-13(17)14(2,16(18)19)12-15-8-3-9-21-12/h4-7H,3,8-9H2,1-2H3. The molecule has 118 valence electrons. The predicted molar refractivity (Wildman–Crippen MR) is 87.9 cm³/mol. The number of rotatable bonds is 5. The van der Waals surface area contributed by atoms with E-state index in [1.807, 2.05) is 19.1 Å². The van der Waals surface area contributed by atoms with E-state index in [9.17, 15) is 14.9 Å². The van der Waals surface area contributed by atoms with Crippen LogP contribution in [0.4, 0.5) is 0 Å². The monoisotopic (exact) mass is 340 g/mol. The molecule has 0 fully saturated rings. The molecule has 0 saturated heterocycles. The number of nitro groups is 1. The Balaban J connectivity index is 2.11. The van der Waals surface area contributed by atoms with Gasteiger partial charge in [-0.05, 0) is 25.5 Å². The molecule has 1 heterocycles. The fourth-order valence-corrected chi connectivity index (χ4v) is 3.42. The summed E-state index contributed by atoms with van der Waals surface area (Å²) in [5.74, 6) is -0.183. The molecule has 0 amide bonds. The molecule has 0 N–H and O–H groups in total. The molecule has 0 saturated carbocycles. The Bertz CT molecular complexity index is 603. The van der Waals surface area contributed by atoms with Crippen molar-refractivity contribution >= 4 is 34.8 Å². The summed E-state index contributed by atoms with van der Waals surface area (Å²) in [6.45, 7) is 3.70. The van der Waals surface area contributed by atoms with Crippen molar-refractivity contribution in [1.82, 2.24) is 0 Å². The summed E-state index contributed by atoms with van der Waals surface area (Å²) >= 11 is 2.08. The van der Waals surface area contributed by atoms with E-state index >= 15 is 0 Å². The van der Waals surface area contributed by atoms with E-state index in [1.54, 1.807) is 12.1 Å². The van der Waals surface area contributed by atoms with Gasteiger partial charge in [0, 0.05) is 29.0 Å². The Kier molecular flexibility index (Phi) is 5.47. The molecule has 6 nitrogen and oxygen atoms in total. The molecule has 1 aromatic rings. The lowest BCUT2D eigenvalue weighted by Crippen LogP contribution is -2.50. The van der Waals surface area contributed by atoms with E-state index in [-0.39, 0.29) is 5.04 Å². The molecule has 0 bridgehead atoms. The van der Waals surface area contributed by atoms with Crippen LogP contribution in [0, 0.1) is 17.0 Å². The first-order valence-electron chi connectivity index (χ1n) is 6.72. The van der Waals surface area contributed by atoms with Gasteiger partial charge in [0.15, 0.2) is 5.04 Å². The van der Waals surface area contributed by atoms with Gasteiger partial charge in [0.25, 0.3) is 0 Å². The van der Waals surface area contributed by atoms with Gasteiger partial charge in [0.05, 0.1) is 12.0 Å². The second-order valence-electron chi connectivity index (χ2n) is 4.99. The van der Waals surface area contributed by atoms with E-state index in [1.165, 1.54) is 18.7 Å². The molecule has 1 unspecified atom stereocenters. The molecule has 1 atom stereocenters. The van der Waals surface area contributed by atoms with Crippen molar-refractivity contribution in [2.45, 2.75) is 30.7 Å². The van der Waals surface area contributed by atoms with E-state index in [0.29, 0.717) is 11.4 Å². The number of aliphatic imine (C=N–C) groups is 1. The second-order valence-corrected chi connectivity index (χ2v) is 6.87. The SMILES string of the molecule is Cc1ccc(SOC(=O)C(C)(C2=NCCCS2)[N+](=O)[O-])cc1. The van der Waals surface area contributed by atoms with Crippen molar-refractivity contribution in [3.63, 3.8) is 0 Å². The molecule has 2 rings (SSSR count). The summed E-state index contributed by atoms with van der Waals surface area (Å²) in [4.78, 5) is 27.9. The van der Waals surface area contributed by atoms with Crippen molar-refractivity contribution < 1.29 is 13.9 Å². The molecule has 8 heteroatoms. The van der Waals surface area contributed by atoms with Gasteiger partial charge in [-0.1, -0.05) is 17.7 Å². The summed E-state index contributed by atoms with van der Waals surface area (Å²) in [6, 6.07) is 7.35. The fourth-order valence-electron chi connectivity index (χ4n) is 1.75. The summed E-state index contributed by atoms with van der Waals surface area (Å²) in [6.07, 6.45) is 0.856. The molecule has 0 aliphatic carbocycles. The Morgan fingerprint density at radius 2 is 2.14 bits per heavy atom. The van der Waals surface area contributed by atoms with Gasteiger partial charge < -0.3 is 4.18 Å². The maximum absolute atomic E-state index is 12.3. The van der Waals surface area contributed by atoms with Crippen LogP contribution >= 0.6 is 23.8 Å². The second kappa shape index (κ2) is 7.15. The van der Waals surface area contributed by atoms with Crippen molar-refractivity contribution in [2.75, 3.05) is 12.3 Å². The Labute approximate surface area is 137 Å². The third-order valence-corrected chi connectivity index (χ3v) is 5.20. The minimum atomic E-state index is -1.94. The summed E-state index contributed by atoms with van der Waals surface area (Å²) in [5.41, 5.74) is -0.859. The van der Waals surface area contributed by atoms with E-state index in [2.05, 4.69) is 4.99 Å². The Morgan fingerprint density at radius 3 is 2.68 bits per heavy atom. The molecule has 0 spiro atoms. The fraction of sp³-hybridized carbons (Fsp3) is 0.429. The molecule has 1 aliphatic rings. The number of benzene rings is 1. The average molecular weight is 340 g/mol. The van der Waals surface area contributed by atoms with Gasteiger partial charge in [0.2, 0.25) is 0 Å². The zero-order valence-corrected chi connectivity index (χ0v) is 13.9. The van der Waals surface area contributed by atoms with Crippen molar-refractivity contribution in [3.05, 3.63) is 39.9 Å². The van der Waals surface area contributed by atoms with Gasteiger partial charge in [-0.3, -0.25) is 15.1 Å². The highest BCUT2D eigenvalue weighted by Crippen LogP contribution is 2.29. The zero-order valence-electron chi connectivity index (χ0n) is 12.3. The number of carbonyl (C=O) groups is 1. The van der Waals surface area contributed by atoms with Crippen LogP contribution in [0.25, 0.3) is 0 Å². The van der Waals surface area contributed by atoms with E-state index in [0.717, 1.165) is 29.8 Å². The molecule has 22 heavy (non-hydrogen) atoms. The third kappa shape index (κ3) is 3.61. The topological polar surface area (TPSA) is 81.8 Å². The molecule has 0 radical (unpaired) electrons. The van der Waals surface area contributed by atoms with Crippen LogP contribution in [-0.4, -0.2) is 33.8 Å². The number of nitrogens with zero attached hydrogens (tertiary/aromatic N) is 2. The molecular formula is C14H16N2O4S2. The first-order chi connectivity index (χ1) is 10.4. The first-order valence-corrected chi connectivity index (χ1v) is 8.45. The van der Waals surface area contributed by atoms with E-state index in [4.69, 9.17) is 4.18 Å². The average Bonchev–Trinajstić information content (AvgIpc) is 2.53. The number of thioether (sulfide) groups is 1. The van der Waals surface area contributed by atoms with Crippen molar-refractivity contribution in [2.24, 2.45) is 4.99 Å². The number of hydrogen-bond donors (Lipinski definition) is 0. The third-order valence-electron chi connectivity index (χ3n) is 3.21. The van der Waals surface area contributed by atoms with Gasteiger partial charge in [-0.15, -0.1) is 11.8 Å². The molecule has 1 aromatic carbocycles. The predicted octanol–water partition coefficient (Wildman–Crippen LogP) is 3.12. The van der Waals surface area contributed by atoms with E-state index < -0.39 is 16.4 Å². The number of aryl methyl sites for hydroxylation is 1. The van der Waals surface area contributed by atoms with Crippen LogP contribution in [0.1, 0.15) is 18.9 Å². The van der Waals surface area contributed by atoms with Crippen LogP contribution in [-0.2, 0) is 8.98 Å².